The molecule has 0 aromatic carbocycles. The van der Waals surface area contributed by atoms with Gasteiger partial charge in [-0.2, -0.15) is 0 Å². The number of carbonyl (C=O) groups is 2. The second-order valence-electron chi connectivity index (χ2n) is 6.28. The number of amides is 1. The van der Waals surface area contributed by atoms with Crippen molar-refractivity contribution in [2.45, 2.75) is 26.4 Å². The zero-order valence-corrected chi connectivity index (χ0v) is 14.1. The van der Waals surface area contributed by atoms with Crippen LogP contribution in [0.25, 0.3) is 0 Å². The summed E-state index contributed by atoms with van der Waals surface area (Å²) in [4.78, 5) is 30.7. The number of carboxylic acids is 1. The van der Waals surface area contributed by atoms with Crippen LogP contribution in [0.2, 0.25) is 5.02 Å². The number of carboxylic acid groups (broad SMARTS) is 1. The summed E-state index contributed by atoms with van der Waals surface area (Å²) in [5.74, 6) is -0.507. The molecule has 23 heavy (non-hydrogen) atoms. The van der Waals surface area contributed by atoms with Crippen LogP contribution in [0.1, 0.15) is 31.1 Å². The van der Waals surface area contributed by atoms with Gasteiger partial charge in [-0.3, -0.25) is 0 Å². The van der Waals surface area contributed by atoms with E-state index < -0.39 is 11.6 Å². The number of anilines is 1. The molecule has 0 spiro atoms. The van der Waals surface area contributed by atoms with Crippen LogP contribution in [0.15, 0.2) is 12.3 Å². The minimum atomic E-state index is -1.11. The quantitative estimate of drug-likeness (QED) is 0.889. The Bertz CT molecular complexity index is 607. The van der Waals surface area contributed by atoms with Gasteiger partial charge < -0.3 is 19.6 Å². The zero-order chi connectivity index (χ0) is 17.2. The molecular formula is C15H20ClN3O4. The predicted molar refractivity (Wildman–Crippen MR) is 86.2 cm³/mol. The Kier molecular flexibility index (Phi) is 4.99. The molecule has 0 bridgehead atoms. The smallest absolute Gasteiger partial charge is 0.410 e. The SMILES string of the molecule is CC(C)(C)OC(=O)N1CCN(c2cc(Cl)c(C(=O)O)cn2)CC1. The number of ether oxygens (including phenoxy) is 1. The lowest BCUT2D eigenvalue weighted by Gasteiger charge is -2.36. The molecular weight excluding hydrogens is 322 g/mol. The van der Waals surface area contributed by atoms with Crippen LogP contribution in [-0.4, -0.2) is 58.8 Å². The molecule has 7 nitrogen and oxygen atoms in total. The summed E-state index contributed by atoms with van der Waals surface area (Å²) in [6.07, 6.45) is 0.921. The van der Waals surface area contributed by atoms with Crippen LogP contribution in [0.3, 0.4) is 0 Å². The molecule has 1 aromatic rings. The third-order valence-corrected chi connectivity index (χ3v) is 3.64. The average Bonchev–Trinajstić information content (AvgIpc) is 2.45. The highest BCUT2D eigenvalue weighted by atomic mass is 35.5. The van der Waals surface area contributed by atoms with Crippen molar-refractivity contribution in [3.8, 4) is 0 Å². The largest absolute Gasteiger partial charge is 0.478 e. The molecule has 1 aliphatic rings. The molecule has 0 radical (unpaired) electrons. The summed E-state index contributed by atoms with van der Waals surface area (Å²) in [6, 6.07) is 1.54. The minimum absolute atomic E-state index is 0.0252. The standard InChI is InChI=1S/C15H20ClN3O4/c1-15(2,3)23-14(22)19-6-4-18(5-7-19)12-8-11(16)10(9-17-12)13(20)21/h8-9H,4-7H2,1-3H3,(H,20,21). The molecule has 1 aliphatic heterocycles. The Morgan fingerprint density at radius 3 is 2.35 bits per heavy atom. The van der Waals surface area contributed by atoms with Gasteiger partial charge in [0.15, 0.2) is 0 Å². The van der Waals surface area contributed by atoms with E-state index in [9.17, 15) is 9.59 Å². The number of pyridine rings is 1. The zero-order valence-electron chi connectivity index (χ0n) is 13.4. The lowest BCUT2D eigenvalue weighted by atomic mass is 10.2. The first kappa shape index (κ1) is 17.3. The van der Waals surface area contributed by atoms with Crippen LogP contribution in [-0.2, 0) is 4.74 Å². The first-order valence-electron chi connectivity index (χ1n) is 7.29. The lowest BCUT2D eigenvalue weighted by molar-refractivity contribution is 0.0240. The van der Waals surface area contributed by atoms with Gasteiger partial charge in [-0.05, 0) is 20.8 Å². The first-order valence-corrected chi connectivity index (χ1v) is 7.67. The second kappa shape index (κ2) is 6.62. The van der Waals surface area contributed by atoms with Gasteiger partial charge in [0.2, 0.25) is 0 Å². The van der Waals surface area contributed by atoms with Gasteiger partial charge in [0, 0.05) is 38.4 Å². The number of nitrogens with zero attached hydrogens (tertiary/aromatic N) is 3. The molecule has 126 valence electrons. The van der Waals surface area contributed by atoms with Crippen molar-refractivity contribution in [2.75, 3.05) is 31.1 Å². The summed E-state index contributed by atoms with van der Waals surface area (Å²) in [6.45, 7) is 7.67. The maximum absolute atomic E-state index is 12.0. The molecule has 1 saturated heterocycles. The van der Waals surface area contributed by atoms with Gasteiger partial charge in [0.05, 0.1) is 10.6 Å². The number of rotatable bonds is 2. The number of halogens is 1. The molecule has 1 N–H and O–H groups in total. The number of piperazine rings is 1. The number of hydrogen-bond acceptors (Lipinski definition) is 5. The summed E-state index contributed by atoms with van der Waals surface area (Å²) in [5.41, 5.74) is -0.543. The monoisotopic (exact) mass is 341 g/mol. The van der Waals surface area contributed by atoms with Crippen molar-refractivity contribution in [2.24, 2.45) is 0 Å². The van der Waals surface area contributed by atoms with E-state index in [1.807, 2.05) is 25.7 Å². The van der Waals surface area contributed by atoms with E-state index in [1.165, 1.54) is 12.3 Å². The van der Waals surface area contributed by atoms with E-state index in [-0.39, 0.29) is 16.7 Å². The van der Waals surface area contributed by atoms with Gasteiger partial charge >= 0.3 is 12.1 Å². The normalized spacial score (nSPS) is 15.5. The van der Waals surface area contributed by atoms with Gasteiger partial charge in [-0.15, -0.1) is 0 Å². The molecule has 2 rings (SSSR count). The Morgan fingerprint density at radius 2 is 1.87 bits per heavy atom. The van der Waals surface area contributed by atoms with Gasteiger partial charge in [-0.25, -0.2) is 14.6 Å². The highest BCUT2D eigenvalue weighted by molar-refractivity contribution is 6.33. The number of carbonyl (C=O) groups excluding carboxylic acids is 1. The van der Waals surface area contributed by atoms with Crippen LogP contribution < -0.4 is 4.90 Å². The molecule has 0 unspecified atom stereocenters. The topological polar surface area (TPSA) is 83.0 Å². The molecule has 0 aliphatic carbocycles. The maximum Gasteiger partial charge on any atom is 0.410 e. The summed E-state index contributed by atoms with van der Waals surface area (Å²) >= 11 is 5.96. The van der Waals surface area contributed by atoms with Crippen molar-refractivity contribution in [3.63, 3.8) is 0 Å². The minimum Gasteiger partial charge on any atom is -0.478 e. The lowest BCUT2D eigenvalue weighted by Crippen LogP contribution is -2.50. The third kappa shape index (κ3) is 4.48. The van der Waals surface area contributed by atoms with Crippen LogP contribution >= 0.6 is 11.6 Å². The van der Waals surface area contributed by atoms with Crippen molar-refractivity contribution >= 4 is 29.5 Å². The highest BCUT2D eigenvalue weighted by Crippen LogP contribution is 2.22. The van der Waals surface area contributed by atoms with Crippen LogP contribution in [0, 0.1) is 0 Å². The van der Waals surface area contributed by atoms with Crippen LogP contribution in [0.4, 0.5) is 10.6 Å². The van der Waals surface area contributed by atoms with Crippen molar-refractivity contribution < 1.29 is 19.4 Å². The van der Waals surface area contributed by atoms with Crippen molar-refractivity contribution in [3.05, 3.63) is 22.8 Å². The van der Waals surface area contributed by atoms with Gasteiger partial charge in [0.25, 0.3) is 0 Å². The van der Waals surface area contributed by atoms with Gasteiger partial charge in [0.1, 0.15) is 11.4 Å². The highest BCUT2D eigenvalue weighted by Gasteiger charge is 2.26. The van der Waals surface area contributed by atoms with E-state index >= 15 is 0 Å². The fraction of sp³-hybridized carbons (Fsp3) is 0.533. The van der Waals surface area contributed by atoms with Gasteiger partial charge in [-0.1, -0.05) is 11.6 Å². The van der Waals surface area contributed by atoms with E-state index in [0.29, 0.717) is 32.0 Å². The third-order valence-electron chi connectivity index (χ3n) is 3.32. The Hall–Kier alpha value is -2.02. The summed E-state index contributed by atoms with van der Waals surface area (Å²) in [5, 5.41) is 9.11. The Balaban J connectivity index is 1.98. The summed E-state index contributed by atoms with van der Waals surface area (Å²) in [7, 11) is 0. The fourth-order valence-electron chi connectivity index (χ4n) is 2.20. The van der Waals surface area contributed by atoms with Crippen LogP contribution in [0.5, 0.6) is 0 Å². The average molecular weight is 342 g/mol. The van der Waals surface area contributed by atoms with Crippen molar-refractivity contribution in [1.82, 2.24) is 9.88 Å². The molecule has 2 heterocycles. The van der Waals surface area contributed by atoms with E-state index in [0.717, 1.165) is 0 Å². The maximum atomic E-state index is 12.0. The van der Waals surface area contributed by atoms with Crippen molar-refractivity contribution in [1.29, 1.82) is 0 Å². The molecule has 0 atom stereocenters. The number of hydrogen-bond donors (Lipinski definition) is 1. The molecule has 1 fully saturated rings. The molecule has 0 saturated carbocycles. The predicted octanol–water partition coefficient (Wildman–Crippen LogP) is 2.49. The number of aromatic nitrogens is 1. The number of aromatic carboxylic acids is 1. The fourth-order valence-corrected chi connectivity index (χ4v) is 2.42. The molecule has 1 aromatic heterocycles. The Morgan fingerprint density at radius 1 is 1.26 bits per heavy atom. The molecule has 1 amide bonds. The van der Waals surface area contributed by atoms with E-state index in [1.54, 1.807) is 4.90 Å². The first-order chi connectivity index (χ1) is 10.7. The second-order valence-corrected chi connectivity index (χ2v) is 6.69. The molecule has 8 heteroatoms. The summed E-state index contributed by atoms with van der Waals surface area (Å²) < 4.78 is 5.35. The van der Waals surface area contributed by atoms with E-state index in [2.05, 4.69) is 4.98 Å². The van der Waals surface area contributed by atoms with E-state index in [4.69, 9.17) is 21.4 Å². The Labute approximate surface area is 139 Å².